The fourth-order valence-corrected chi connectivity index (χ4v) is 1.96. The van der Waals surface area contributed by atoms with Crippen molar-refractivity contribution in [3.8, 4) is 5.75 Å². The number of ketones is 1. The van der Waals surface area contributed by atoms with E-state index in [0.29, 0.717) is 16.9 Å². The van der Waals surface area contributed by atoms with Crippen LogP contribution < -0.4 is 4.74 Å². The Morgan fingerprint density at radius 3 is 2.60 bits per heavy atom. The number of ether oxygens (including phenoxy) is 1. The van der Waals surface area contributed by atoms with Crippen LogP contribution in [0.1, 0.15) is 41.2 Å². The number of carbonyl (C=O) groups excluding carboxylic acids is 1. The molecule has 0 aliphatic heterocycles. The first-order valence-corrected chi connectivity index (χ1v) is 6.58. The monoisotopic (exact) mass is 270 g/mol. The van der Waals surface area contributed by atoms with Crippen LogP contribution in [-0.2, 0) is 0 Å². The zero-order valence-electron chi connectivity index (χ0n) is 12.2. The molecule has 0 unspecified atom stereocenters. The van der Waals surface area contributed by atoms with E-state index in [9.17, 15) is 4.79 Å². The van der Waals surface area contributed by atoms with Gasteiger partial charge in [-0.3, -0.25) is 14.8 Å². The van der Waals surface area contributed by atoms with Crippen LogP contribution in [0.5, 0.6) is 5.75 Å². The highest BCUT2D eigenvalue weighted by atomic mass is 16.5. The molecule has 0 radical (unpaired) electrons. The predicted octanol–water partition coefficient (Wildman–Crippen LogP) is 3.11. The number of pyridine rings is 2. The Morgan fingerprint density at radius 1 is 1.20 bits per heavy atom. The average Bonchev–Trinajstić information content (AvgIpc) is 2.37. The van der Waals surface area contributed by atoms with Gasteiger partial charge in [-0.1, -0.05) is 0 Å². The van der Waals surface area contributed by atoms with Crippen molar-refractivity contribution in [3.05, 3.63) is 53.1 Å². The van der Waals surface area contributed by atoms with Gasteiger partial charge < -0.3 is 4.74 Å². The van der Waals surface area contributed by atoms with Crippen LogP contribution in [0.4, 0.5) is 0 Å². The predicted molar refractivity (Wildman–Crippen MR) is 77.1 cm³/mol. The Morgan fingerprint density at radius 2 is 1.95 bits per heavy atom. The second-order valence-electron chi connectivity index (χ2n) is 4.99. The molecule has 4 nitrogen and oxygen atoms in total. The van der Waals surface area contributed by atoms with Crippen molar-refractivity contribution in [1.29, 1.82) is 0 Å². The first kappa shape index (κ1) is 14.2. The van der Waals surface area contributed by atoms with Crippen LogP contribution in [0.15, 0.2) is 30.6 Å². The molecule has 0 amide bonds. The lowest BCUT2D eigenvalue weighted by atomic mass is 10.0. The van der Waals surface area contributed by atoms with E-state index in [1.165, 1.54) is 0 Å². The number of aryl methyl sites for hydroxylation is 2. The van der Waals surface area contributed by atoms with Crippen LogP contribution in [-0.4, -0.2) is 21.9 Å². The normalized spacial score (nSPS) is 10.7. The number of rotatable bonds is 4. The van der Waals surface area contributed by atoms with E-state index in [2.05, 4.69) is 9.97 Å². The number of hydrogen-bond donors (Lipinski definition) is 0. The molecule has 0 aliphatic rings. The third kappa shape index (κ3) is 3.20. The summed E-state index contributed by atoms with van der Waals surface area (Å²) in [6, 6.07) is 5.35. The topological polar surface area (TPSA) is 52.1 Å². The summed E-state index contributed by atoms with van der Waals surface area (Å²) in [5.74, 6) is 0.514. The molecule has 0 saturated carbocycles. The molecular weight excluding hydrogens is 252 g/mol. The molecule has 0 fully saturated rings. The minimum absolute atomic E-state index is 0.0462. The first-order valence-electron chi connectivity index (χ1n) is 6.58. The molecule has 0 atom stereocenters. The van der Waals surface area contributed by atoms with Crippen molar-refractivity contribution in [3.63, 3.8) is 0 Å². The van der Waals surface area contributed by atoms with Crippen LogP contribution >= 0.6 is 0 Å². The molecular formula is C16H18N2O2. The summed E-state index contributed by atoms with van der Waals surface area (Å²) in [5, 5.41) is 0. The van der Waals surface area contributed by atoms with Crippen molar-refractivity contribution in [2.45, 2.75) is 33.8 Å². The van der Waals surface area contributed by atoms with Gasteiger partial charge in [0.2, 0.25) is 0 Å². The molecule has 2 rings (SSSR count). The summed E-state index contributed by atoms with van der Waals surface area (Å²) in [6.45, 7) is 7.60. The third-order valence-corrected chi connectivity index (χ3v) is 2.82. The van der Waals surface area contributed by atoms with E-state index < -0.39 is 0 Å². The molecule has 2 heterocycles. The van der Waals surface area contributed by atoms with E-state index in [-0.39, 0.29) is 11.9 Å². The van der Waals surface area contributed by atoms with Crippen molar-refractivity contribution in [2.75, 3.05) is 0 Å². The lowest BCUT2D eigenvalue weighted by molar-refractivity contribution is 0.103. The standard InChI is InChI=1S/C16H18N2O2/c1-10(2)20-14-7-13(8-17-9-14)16(19)15-6-5-11(3)18-12(15)4/h5-10H,1-4H3. The Labute approximate surface area is 118 Å². The van der Waals surface area contributed by atoms with E-state index in [0.717, 1.165) is 11.4 Å². The van der Waals surface area contributed by atoms with Crippen molar-refractivity contribution < 1.29 is 9.53 Å². The summed E-state index contributed by atoms with van der Waals surface area (Å²) in [4.78, 5) is 20.9. The second-order valence-corrected chi connectivity index (χ2v) is 4.99. The van der Waals surface area contributed by atoms with Gasteiger partial charge in [-0.2, -0.15) is 0 Å². The Balaban J connectivity index is 2.33. The average molecular weight is 270 g/mol. The quantitative estimate of drug-likeness (QED) is 0.801. The van der Waals surface area contributed by atoms with Crippen molar-refractivity contribution >= 4 is 5.78 Å². The van der Waals surface area contributed by atoms with Crippen molar-refractivity contribution in [1.82, 2.24) is 9.97 Å². The molecule has 2 aromatic heterocycles. The maximum atomic E-state index is 12.5. The molecule has 4 heteroatoms. The van der Waals surface area contributed by atoms with Crippen LogP contribution in [0.3, 0.4) is 0 Å². The van der Waals surface area contributed by atoms with Gasteiger partial charge in [0.15, 0.2) is 5.78 Å². The van der Waals surface area contributed by atoms with E-state index in [4.69, 9.17) is 4.74 Å². The Bertz CT molecular complexity index is 636. The molecule has 0 N–H and O–H groups in total. The number of carbonyl (C=O) groups is 1. The number of hydrogen-bond acceptors (Lipinski definition) is 4. The lowest BCUT2D eigenvalue weighted by Crippen LogP contribution is -2.09. The molecule has 2 aromatic rings. The van der Waals surface area contributed by atoms with Gasteiger partial charge in [0.05, 0.1) is 12.3 Å². The van der Waals surface area contributed by atoms with Crippen LogP contribution in [0.25, 0.3) is 0 Å². The summed E-state index contributed by atoms with van der Waals surface area (Å²) in [7, 11) is 0. The number of nitrogens with zero attached hydrogens (tertiary/aromatic N) is 2. The third-order valence-electron chi connectivity index (χ3n) is 2.82. The molecule has 104 valence electrons. The van der Waals surface area contributed by atoms with Gasteiger partial charge in [0.25, 0.3) is 0 Å². The molecule has 0 spiro atoms. The molecule has 0 aromatic carbocycles. The minimum atomic E-state index is -0.0864. The first-order chi connectivity index (χ1) is 9.47. The number of aromatic nitrogens is 2. The summed E-state index contributed by atoms with van der Waals surface area (Å²) < 4.78 is 5.56. The fraction of sp³-hybridized carbons (Fsp3) is 0.312. The summed E-state index contributed by atoms with van der Waals surface area (Å²) in [5.41, 5.74) is 2.73. The lowest BCUT2D eigenvalue weighted by Gasteiger charge is -2.10. The maximum absolute atomic E-state index is 12.5. The van der Waals surface area contributed by atoms with Gasteiger partial charge in [-0.15, -0.1) is 0 Å². The molecule has 0 aliphatic carbocycles. The fourth-order valence-electron chi connectivity index (χ4n) is 1.96. The highest BCUT2D eigenvalue weighted by Gasteiger charge is 2.14. The minimum Gasteiger partial charge on any atom is -0.489 e. The van der Waals surface area contributed by atoms with E-state index in [1.54, 1.807) is 24.5 Å². The van der Waals surface area contributed by atoms with E-state index in [1.807, 2.05) is 33.8 Å². The summed E-state index contributed by atoms with van der Waals surface area (Å²) >= 11 is 0. The molecule has 20 heavy (non-hydrogen) atoms. The van der Waals surface area contributed by atoms with Gasteiger partial charge in [-0.05, 0) is 45.9 Å². The summed E-state index contributed by atoms with van der Waals surface area (Å²) in [6.07, 6.45) is 3.20. The zero-order valence-corrected chi connectivity index (χ0v) is 12.2. The van der Waals surface area contributed by atoms with Crippen LogP contribution in [0, 0.1) is 13.8 Å². The van der Waals surface area contributed by atoms with Gasteiger partial charge in [-0.25, -0.2) is 0 Å². The molecule has 0 bridgehead atoms. The Kier molecular flexibility index (Phi) is 4.13. The largest absolute Gasteiger partial charge is 0.489 e. The van der Waals surface area contributed by atoms with Gasteiger partial charge in [0, 0.05) is 28.7 Å². The Hall–Kier alpha value is -2.23. The SMILES string of the molecule is Cc1ccc(C(=O)c2cncc(OC(C)C)c2)c(C)n1. The maximum Gasteiger partial charge on any atom is 0.196 e. The van der Waals surface area contributed by atoms with E-state index >= 15 is 0 Å². The van der Waals surface area contributed by atoms with Crippen LogP contribution in [0.2, 0.25) is 0 Å². The second kappa shape index (κ2) is 5.82. The van der Waals surface area contributed by atoms with Gasteiger partial charge in [0.1, 0.15) is 5.75 Å². The van der Waals surface area contributed by atoms with Crippen molar-refractivity contribution in [2.24, 2.45) is 0 Å². The molecule has 0 saturated heterocycles. The highest BCUT2D eigenvalue weighted by molar-refractivity contribution is 6.09. The highest BCUT2D eigenvalue weighted by Crippen LogP contribution is 2.17. The smallest absolute Gasteiger partial charge is 0.196 e. The van der Waals surface area contributed by atoms with Gasteiger partial charge >= 0.3 is 0 Å². The zero-order chi connectivity index (χ0) is 14.7.